The molecule has 0 aliphatic carbocycles. The summed E-state index contributed by atoms with van der Waals surface area (Å²) in [6.07, 6.45) is 2.12. The van der Waals surface area contributed by atoms with Crippen molar-refractivity contribution in [1.82, 2.24) is 15.1 Å². The lowest BCUT2D eigenvalue weighted by molar-refractivity contribution is -0.136. The van der Waals surface area contributed by atoms with E-state index in [0.717, 1.165) is 43.6 Å². The largest absolute Gasteiger partial charge is 0.394 e. The number of rotatable bonds is 4. The molecule has 3 aliphatic rings. The molecule has 0 bridgehead atoms. The van der Waals surface area contributed by atoms with Crippen molar-refractivity contribution in [3.8, 4) is 0 Å². The Morgan fingerprint density at radius 2 is 1.96 bits per heavy atom. The minimum atomic E-state index is -0.584. The van der Waals surface area contributed by atoms with E-state index in [4.69, 9.17) is 5.73 Å². The normalized spacial score (nSPS) is 25.0. The van der Waals surface area contributed by atoms with Crippen LogP contribution in [0.15, 0.2) is 18.2 Å². The van der Waals surface area contributed by atoms with Gasteiger partial charge in [0.25, 0.3) is 5.91 Å². The smallest absolute Gasteiger partial charge is 0.255 e. The van der Waals surface area contributed by atoms with Gasteiger partial charge in [0.05, 0.1) is 6.61 Å². The van der Waals surface area contributed by atoms with E-state index in [1.54, 1.807) is 4.90 Å². The van der Waals surface area contributed by atoms with E-state index >= 15 is 0 Å². The van der Waals surface area contributed by atoms with Crippen molar-refractivity contribution in [2.45, 2.75) is 50.4 Å². The van der Waals surface area contributed by atoms with Crippen LogP contribution < -0.4 is 11.1 Å². The molecule has 3 aliphatic heterocycles. The fourth-order valence-corrected chi connectivity index (χ4v) is 4.27. The van der Waals surface area contributed by atoms with Gasteiger partial charge in [-0.1, -0.05) is 12.1 Å². The van der Waals surface area contributed by atoms with Crippen molar-refractivity contribution in [2.24, 2.45) is 5.73 Å². The third-order valence-corrected chi connectivity index (χ3v) is 6.17. The van der Waals surface area contributed by atoms with E-state index in [1.165, 1.54) is 0 Å². The molecule has 0 saturated carbocycles. The van der Waals surface area contributed by atoms with Crippen LogP contribution in [0.3, 0.4) is 0 Å². The number of fused-ring (bicyclic) bond motifs is 1. The van der Waals surface area contributed by atoms with Gasteiger partial charge in [-0.15, -0.1) is 0 Å². The molecular formula is C20H26N4O4. The predicted molar refractivity (Wildman–Crippen MR) is 101 cm³/mol. The first-order chi connectivity index (χ1) is 13.4. The molecule has 0 aromatic heterocycles. The molecule has 4 rings (SSSR count). The molecule has 1 unspecified atom stereocenters. The van der Waals surface area contributed by atoms with Gasteiger partial charge in [-0.05, 0) is 36.5 Å². The van der Waals surface area contributed by atoms with Gasteiger partial charge >= 0.3 is 0 Å². The fourth-order valence-electron chi connectivity index (χ4n) is 4.27. The van der Waals surface area contributed by atoms with E-state index < -0.39 is 11.6 Å². The van der Waals surface area contributed by atoms with Crippen LogP contribution >= 0.6 is 0 Å². The number of nitrogens with two attached hydrogens (primary N) is 1. The van der Waals surface area contributed by atoms with Crippen LogP contribution in [0.25, 0.3) is 0 Å². The highest BCUT2D eigenvalue weighted by atomic mass is 16.3. The van der Waals surface area contributed by atoms with E-state index in [-0.39, 0.29) is 30.7 Å². The number of hydrogen-bond acceptors (Lipinski definition) is 6. The molecule has 3 amide bonds. The lowest BCUT2D eigenvalue weighted by Crippen LogP contribution is -2.52. The number of carbonyl (C=O) groups excluding carboxylic acids is 3. The summed E-state index contributed by atoms with van der Waals surface area (Å²) in [7, 11) is 0. The van der Waals surface area contributed by atoms with Gasteiger partial charge in [-0.25, -0.2) is 0 Å². The number of benzene rings is 1. The van der Waals surface area contributed by atoms with Crippen LogP contribution in [0.4, 0.5) is 0 Å². The Bertz CT molecular complexity index is 816. The van der Waals surface area contributed by atoms with Crippen molar-refractivity contribution in [3.63, 3.8) is 0 Å². The van der Waals surface area contributed by atoms with Crippen molar-refractivity contribution >= 4 is 17.7 Å². The zero-order chi connectivity index (χ0) is 19.9. The summed E-state index contributed by atoms with van der Waals surface area (Å²) in [5.74, 6) is -0.816. The van der Waals surface area contributed by atoms with Gasteiger partial charge in [0.1, 0.15) is 6.04 Å². The molecule has 1 atom stereocenters. The average molecular weight is 386 g/mol. The maximum absolute atomic E-state index is 12.9. The summed E-state index contributed by atoms with van der Waals surface area (Å²) in [6.45, 7) is 2.75. The van der Waals surface area contributed by atoms with Crippen LogP contribution in [0, 0.1) is 0 Å². The Kier molecular flexibility index (Phi) is 4.95. The molecule has 150 valence electrons. The Labute approximate surface area is 163 Å². The lowest BCUT2D eigenvalue weighted by Gasteiger charge is -2.38. The van der Waals surface area contributed by atoms with Crippen LogP contribution in [0.2, 0.25) is 0 Å². The number of hydrogen-bond donors (Lipinski definition) is 3. The topological polar surface area (TPSA) is 116 Å². The quantitative estimate of drug-likeness (QED) is 0.614. The van der Waals surface area contributed by atoms with Gasteiger partial charge < -0.3 is 15.7 Å². The zero-order valence-corrected chi connectivity index (χ0v) is 15.8. The highest BCUT2D eigenvalue weighted by molar-refractivity contribution is 6.05. The minimum absolute atomic E-state index is 0.00433. The standard InChI is InChI=1S/C20H26N4O4/c21-20(12-25)5-7-23(8-6-20)10-13-1-2-14-11-24(19(28)15(14)9-13)16-3-4-17(26)22-18(16)27/h1-2,9,16,25H,3-8,10-12,21H2,(H,22,26,27). The number of amides is 3. The first-order valence-electron chi connectivity index (χ1n) is 9.77. The molecule has 2 saturated heterocycles. The summed E-state index contributed by atoms with van der Waals surface area (Å²) in [4.78, 5) is 40.2. The molecule has 4 N–H and O–H groups in total. The fraction of sp³-hybridized carbons (Fsp3) is 0.550. The van der Waals surface area contributed by atoms with Gasteiger partial charge in [-0.2, -0.15) is 0 Å². The van der Waals surface area contributed by atoms with Crippen LogP contribution in [-0.4, -0.2) is 63.9 Å². The minimum Gasteiger partial charge on any atom is -0.394 e. The number of nitrogens with zero attached hydrogens (tertiary/aromatic N) is 2. The summed E-state index contributed by atoms with van der Waals surface area (Å²) < 4.78 is 0. The molecule has 1 aromatic rings. The maximum Gasteiger partial charge on any atom is 0.255 e. The van der Waals surface area contributed by atoms with E-state index in [9.17, 15) is 19.5 Å². The number of piperidine rings is 2. The van der Waals surface area contributed by atoms with E-state index in [0.29, 0.717) is 18.5 Å². The lowest BCUT2D eigenvalue weighted by atomic mass is 9.89. The second-order valence-electron chi connectivity index (χ2n) is 8.19. The van der Waals surface area contributed by atoms with Crippen molar-refractivity contribution in [2.75, 3.05) is 19.7 Å². The highest BCUT2D eigenvalue weighted by Crippen LogP contribution is 2.29. The summed E-state index contributed by atoms with van der Waals surface area (Å²) in [6, 6.07) is 5.31. The zero-order valence-electron chi connectivity index (χ0n) is 15.8. The Hall–Kier alpha value is -2.29. The molecule has 0 spiro atoms. The summed E-state index contributed by atoms with van der Waals surface area (Å²) in [5, 5.41) is 11.7. The average Bonchev–Trinajstić information content (AvgIpc) is 3.00. The number of carbonyl (C=O) groups is 3. The molecule has 28 heavy (non-hydrogen) atoms. The van der Waals surface area contributed by atoms with Crippen molar-refractivity contribution < 1.29 is 19.5 Å². The van der Waals surface area contributed by atoms with Crippen molar-refractivity contribution in [1.29, 1.82) is 0 Å². The highest BCUT2D eigenvalue weighted by Gasteiger charge is 2.39. The second kappa shape index (κ2) is 7.27. The SMILES string of the molecule is NC1(CO)CCN(Cc2ccc3c(c2)C(=O)N(C2CCC(=O)NC2=O)C3)CC1. The summed E-state index contributed by atoms with van der Waals surface area (Å²) >= 11 is 0. The Morgan fingerprint density at radius 3 is 2.64 bits per heavy atom. The number of aliphatic hydroxyl groups is 1. The molecular weight excluding hydrogens is 360 g/mol. The van der Waals surface area contributed by atoms with Crippen LogP contribution in [-0.2, 0) is 22.7 Å². The number of likely N-dealkylation sites (tertiary alicyclic amines) is 1. The molecule has 2 fully saturated rings. The Balaban J connectivity index is 1.43. The Morgan fingerprint density at radius 1 is 1.21 bits per heavy atom. The van der Waals surface area contributed by atoms with Gasteiger partial charge in [0, 0.05) is 43.7 Å². The van der Waals surface area contributed by atoms with Crippen LogP contribution in [0.5, 0.6) is 0 Å². The first kappa shape index (κ1) is 19.0. The molecule has 8 nitrogen and oxygen atoms in total. The monoisotopic (exact) mass is 386 g/mol. The third-order valence-electron chi connectivity index (χ3n) is 6.17. The third kappa shape index (κ3) is 3.55. The van der Waals surface area contributed by atoms with Crippen LogP contribution in [0.1, 0.15) is 47.2 Å². The second-order valence-corrected chi connectivity index (χ2v) is 8.19. The number of nitrogens with one attached hydrogen (secondary N) is 1. The molecule has 1 aromatic carbocycles. The van der Waals surface area contributed by atoms with Gasteiger partial charge in [0.15, 0.2) is 0 Å². The van der Waals surface area contributed by atoms with Gasteiger partial charge in [-0.3, -0.25) is 24.6 Å². The first-order valence-corrected chi connectivity index (χ1v) is 9.77. The van der Waals surface area contributed by atoms with Gasteiger partial charge in [0.2, 0.25) is 11.8 Å². The van der Waals surface area contributed by atoms with E-state index in [2.05, 4.69) is 10.2 Å². The predicted octanol–water partition coefficient (Wildman–Crippen LogP) is -0.267. The molecule has 0 radical (unpaired) electrons. The van der Waals surface area contributed by atoms with Crippen molar-refractivity contribution in [3.05, 3.63) is 34.9 Å². The number of imide groups is 1. The summed E-state index contributed by atoms with van der Waals surface area (Å²) in [5.41, 5.74) is 8.26. The number of aliphatic hydroxyl groups excluding tert-OH is 1. The maximum atomic E-state index is 12.9. The van der Waals surface area contributed by atoms with E-state index in [1.807, 2.05) is 18.2 Å². The molecule has 8 heteroatoms. The molecule has 3 heterocycles.